The summed E-state index contributed by atoms with van der Waals surface area (Å²) in [5.41, 5.74) is 3.48. The maximum absolute atomic E-state index is 12.5. The molecule has 0 radical (unpaired) electrons. The number of phenols is 1. The van der Waals surface area contributed by atoms with Crippen molar-refractivity contribution in [2.24, 2.45) is 0 Å². The third-order valence-electron chi connectivity index (χ3n) is 5.61. The first kappa shape index (κ1) is 20.4. The van der Waals surface area contributed by atoms with Gasteiger partial charge in [-0.3, -0.25) is 14.9 Å². The summed E-state index contributed by atoms with van der Waals surface area (Å²) in [4.78, 5) is 24.2. The summed E-state index contributed by atoms with van der Waals surface area (Å²) in [5.74, 6) is -0.828. The molecule has 0 bridgehead atoms. The number of benzene rings is 3. The summed E-state index contributed by atoms with van der Waals surface area (Å²) >= 11 is 6.20. The number of aromatic hydroxyl groups is 1. The highest BCUT2D eigenvalue weighted by atomic mass is 32.2. The zero-order valence-electron chi connectivity index (χ0n) is 16.8. The fourth-order valence-corrected chi connectivity index (χ4v) is 5.38. The minimum absolute atomic E-state index is 0.270. The Balaban J connectivity index is 1.85. The Bertz CT molecular complexity index is 1440. The van der Waals surface area contributed by atoms with Crippen LogP contribution in [0.1, 0.15) is 18.1 Å². The zero-order chi connectivity index (χ0) is 22.6. The van der Waals surface area contributed by atoms with E-state index in [0.29, 0.717) is 32.3 Å². The number of nitro groups is 1. The van der Waals surface area contributed by atoms with Gasteiger partial charge in [0.15, 0.2) is 5.75 Å². The van der Waals surface area contributed by atoms with Crippen LogP contribution in [0.2, 0.25) is 0 Å². The number of allylic oxidation sites excluding steroid dienone is 3. The molecule has 0 unspecified atom stereocenters. The molecular weight excluding hydrogens is 444 g/mol. The van der Waals surface area contributed by atoms with Gasteiger partial charge in [0.2, 0.25) is 0 Å². The van der Waals surface area contributed by atoms with Crippen molar-refractivity contribution in [2.45, 2.75) is 13.3 Å². The third kappa shape index (κ3) is 3.28. The number of nitrogens with one attached hydrogen (secondary N) is 1. The fourth-order valence-electron chi connectivity index (χ4n) is 4.29. The van der Waals surface area contributed by atoms with Crippen molar-refractivity contribution in [1.82, 2.24) is 5.32 Å². The number of thiocarbonyl (C=S) groups is 1. The number of carbonyl (C=O) groups is 1. The first-order chi connectivity index (χ1) is 15.3. The fraction of sp³-hybridized carbons (Fsp3) is 0.0833. The topological polar surface area (TPSA) is 92.5 Å². The summed E-state index contributed by atoms with van der Waals surface area (Å²) < 4.78 is 0.299. The van der Waals surface area contributed by atoms with E-state index in [1.165, 1.54) is 6.07 Å². The SMILES string of the molecule is CC1=C/C(=C2/SC(=S)NC2=O)c2c(c(-c3ccc4ccccc4c3)cc(O)c2[N+](=O)[O-])C1. The molecule has 1 amide bonds. The highest BCUT2D eigenvalue weighted by Crippen LogP contribution is 2.49. The number of phenolic OH excluding ortho intramolecular Hbond substituents is 1. The van der Waals surface area contributed by atoms with Crippen LogP contribution >= 0.6 is 24.0 Å². The highest BCUT2D eigenvalue weighted by Gasteiger charge is 2.35. The Kier molecular flexibility index (Phi) is 4.83. The molecule has 2 aliphatic rings. The van der Waals surface area contributed by atoms with Gasteiger partial charge in [0.05, 0.1) is 15.4 Å². The molecule has 1 aliphatic heterocycles. The number of hydrogen-bond acceptors (Lipinski definition) is 6. The van der Waals surface area contributed by atoms with Gasteiger partial charge in [-0.25, -0.2) is 0 Å². The standard InChI is InChI=1S/C24H16N2O4S2/c1-12-8-17-16(15-7-6-13-4-2-3-5-14(13)10-15)11-19(27)21(26(29)30)20(17)18(9-12)22-23(28)25-24(31)32-22/h2-7,9-11,27H,8H2,1H3,(H,25,28,31)/b22-18-. The van der Waals surface area contributed by atoms with Gasteiger partial charge in [-0.05, 0) is 52.9 Å². The Labute approximate surface area is 192 Å². The molecule has 3 aromatic carbocycles. The van der Waals surface area contributed by atoms with Crippen molar-refractivity contribution < 1.29 is 14.8 Å². The van der Waals surface area contributed by atoms with Gasteiger partial charge in [-0.15, -0.1) is 0 Å². The van der Waals surface area contributed by atoms with Crippen LogP contribution in [0.15, 0.2) is 65.1 Å². The molecule has 8 heteroatoms. The second kappa shape index (κ2) is 7.58. The van der Waals surface area contributed by atoms with Crippen molar-refractivity contribution >= 4 is 56.2 Å². The molecular formula is C24H16N2O4S2. The average Bonchev–Trinajstić information content (AvgIpc) is 3.10. The second-order valence-electron chi connectivity index (χ2n) is 7.72. The van der Waals surface area contributed by atoms with Crippen molar-refractivity contribution in [3.8, 4) is 16.9 Å². The summed E-state index contributed by atoms with van der Waals surface area (Å²) in [6, 6.07) is 15.3. The van der Waals surface area contributed by atoms with Crippen LogP contribution < -0.4 is 5.32 Å². The van der Waals surface area contributed by atoms with Crippen LogP contribution in [0, 0.1) is 10.1 Å². The Morgan fingerprint density at radius 1 is 1.16 bits per heavy atom. The molecule has 3 aromatic rings. The molecule has 1 heterocycles. The van der Waals surface area contributed by atoms with Gasteiger partial charge >= 0.3 is 5.69 Å². The Morgan fingerprint density at radius 2 is 1.91 bits per heavy atom. The molecule has 6 nitrogen and oxygen atoms in total. The molecule has 1 aliphatic carbocycles. The number of carbonyl (C=O) groups excluding carboxylic acids is 1. The number of amides is 1. The largest absolute Gasteiger partial charge is 0.502 e. The number of nitro benzene ring substituents is 1. The number of thioether (sulfide) groups is 1. The van der Waals surface area contributed by atoms with Crippen LogP contribution in [0.5, 0.6) is 5.75 Å². The lowest BCUT2D eigenvalue weighted by atomic mass is 9.81. The predicted octanol–water partition coefficient (Wildman–Crippen LogP) is 5.48. The van der Waals surface area contributed by atoms with Crippen LogP contribution in [-0.4, -0.2) is 20.3 Å². The van der Waals surface area contributed by atoms with Crippen molar-refractivity contribution in [1.29, 1.82) is 0 Å². The lowest BCUT2D eigenvalue weighted by Crippen LogP contribution is -2.18. The van der Waals surface area contributed by atoms with Crippen LogP contribution in [0.3, 0.4) is 0 Å². The molecule has 0 spiro atoms. The maximum Gasteiger partial charge on any atom is 0.318 e. The molecule has 1 saturated heterocycles. The van der Waals surface area contributed by atoms with Crippen molar-refractivity contribution in [3.63, 3.8) is 0 Å². The van der Waals surface area contributed by atoms with E-state index in [1.54, 1.807) is 6.08 Å². The van der Waals surface area contributed by atoms with E-state index >= 15 is 0 Å². The van der Waals surface area contributed by atoms with Crippen LogP contribution in [0.25, 0.3) is 27.5 Å². The molecule has 0 saturated carbocycles. The monoisotopic (exact) mass is 460 g/mol. The van der Waals surface area contributed by atoms with Gasteiger partial charge in [0, 0.05) is 5.57 Å². The molecule has 2 N–H and O–H groups in total. The minimum atomic E-state index is -0.594. The summed E-state index contributed by atoms with van der Waals surface area (Å²) in [7, 11) is 0. The quantitative estimate of drug-likeness (QED) is 0.228. The van der Waals surface area contributed by atoms with E-state index in [1.807, 2.05) is 49.4 Å². The van der Waals surface area contributed by atoms with Crippen LogP contribution in [-0.2, 0) is 11.2 Å². The minimum Gasteiger partial charge on any atom is -0.502 e. The van der Waals surface area contributed by atoms with Crippen molar-refractivity contribution in [2.75, 3.05) is 0 Å². The maximum atomic E-state index is 12.5. The number of fused-ring (bicyclic) bond motifs is 2. The van der Waals surface area contributed by atoms with Gasteiger partial charge in [-0.2, -0.15) is 0 Å². The molecule has 32 heavy (non-hydrogen) atoms. The normalized spacial score (nSPS) is 17.8. The van der Waals surface area contributed by atoms with E-state index in [9.17, 15) is 20.0 Å². The molecule has 1 fully saturated rings. The van der Waals surface area contributed by atoms with Gasteiger partial charge in [0.1, 0.15) is 4.32 Å². The highest BCUT2D eigenvalue weighted by molar-refractivity contribution is 8.26. The predicted molar refractivity (Wildman–Crippen MR) is 130 cm³/mol. The summed E-state index contributed by atoms with van der Waals surface area (Å²) in [6.45, 7) is 1.92. The smallest absolute Gasteiger partial charge is 0.318 e. The van der Waals surface area contributed by atoms with Gasteiger partial charge in [-0.1, -0.05) is 72.0 Å². The Hall–Kier alpha value is -3.49. The zero-order valence-corrected chi connectivity index (χ0v) is 18.5. The molecule has 0 atom stereocenters. The lowest BCUT2D eigenvalue weighted by molar-refractivity contribution is -0.386. The Morgan fingerprint density at radius 3 is 2.59 bits per heavy atom. The van der Waals surface area contributed by atoms with E-state index in [4.69, 9.17) is 12.2 Å². The molecule has 0 aromatic heterocycles. The van der Waals surface area contributed by atoms with E-state index < -0.39 is 22.3 Å². The van der Waals surface area contributed by atoms with Gasteiger partial charge in [0.25, 0.3) is 5.91 Å². The number of nitrogens with zero attached hydrogens (tertiary/aromatic N) is 1. The van der Waals surface area contributed by atoms with E-state index in [2.05, 4.69) is 5.32 Å². The molecule has 158 valence electrons. The first-order valence-corrected chi connectivity index (χ1v) is 11.0. The first-order valence-electron chi connectivity index (χ1n) is 9.81. The van der Waals surface area contributed by atoms with Gasteiger partial charge < -0.3 is 10.4 Å². The molecule has 5 rings (SSSR count). The average molecular weight is 461 g/mol. The van der Waals surface area contributed by atoms with E-state index in [0.717, 1.165) is 33.7 Å². The number of rotatable bonds is 2. The summed E-state index contributed by atoms with van der Waals surface area (Å²) in [5, 5.41) is 27.4. The second-order valence-corrected chi connectivity index (χ2v) is 9.41. The third-order valence-corrected chi connectivity index (χ3v) is 6.86. The van der Waals surface area contributed by atoms with Crippen LogP contribution in [0.4, 0.5) is 5.69 Å². The lowest BCUT2D eigenvalue weighted by Gasteiger charge is -2.22. The number of hydrogen-bond donors (Lipinski definition) is 2. The summed E-state index contributed by atoms with van der Waals surface area (Å²) in [6.07, 6.45) is 2.24. The van der Waals surface area contributed by atoms with Crippen molar-refractivity contribution in [3.05, 3.63) is 86.3 Å². The van der Waals surface area contributed by atoms with E-state index in [-0.39, 0.29) is 5.56 Å².